The van der Waals surface area contributed by atoms with E-state index in [0.29, 0.717) is 27.8 Å². The van der Waals surface area contributed by atoms with Gasteiger partial charge in [-0.05, 0) is 42.3 Å². The quantitative estimate of drug-likeness (QED) is 0.238. The van der Waals surface area contributed by atoms with E-state index in [9.17, 15) is 13.6 Å². The van der Waals surface area contributed by atoms with Crippen molar-refractivity contribution in [1.29, 1.82) is 0 Å². The molecule has 190 valence electrons. The number of nitrogens with one attached hydrogen (secondary N) is 2. The molecule has 5 nitrogen and oxygen atoms in total. The Hall–Kier alpha value is -3.84. The number of nitrogens with zero attached hydrogens (tertiary/aromatic N) is 2. The van der Waals surface area contributed by atoms with Crippen LogP contribution in [-0.2, 0) is 17.1 Å². The first kappa shape index (κ1) is 26.2. The van der Waals surface area contributed by atoms with Gasteiger partial charge in [0.15, 0.2) is 5.82 Å². The van der Waals surface area contributed by atoms with Crippen LogP contribution >= 0.6 is 11.6 Å². The van der Waals surface area contributed by atoms with Crippen LogP contribution in [0.1, 0.15) is 43.0 Å². The topological polar surface area (TPSA) is 66.9 Å². The predicted molar refractivity (Wildman–Crippen MR) is 144 cm³/mol. The number of benzene rings is 3. The Balaban J connectivity index is 1.41. The Kier molecular flexibility index (Phi) is 8.14. The zero-order chi connectivity index (χ0) is 26.4. The molecule has 0 saturated carbocycles. The van der Waals surface area contributed by atoms with Crippen molar-refractivity contribution in [3.63, 3.8) is 0 Å². The van der Waals surface area contributed by atoms with E-state index in [0.717, 1.165) is 11.1 Å². The lowest BCUT2D eigenvalue weighted by molar-refractivity contribution is -0.115. The summed E-state index contributed by atoms with van der Waals surface area (Å²) < 4.78 is 27.6. The normalized spacial score (nSPS) is 12.1. The molecule has 1 atom stereocenters. The van der Waals surface area contributed by atoms with Crippen molar-refractivity contribution < 1.29 is 13.6 Å². The smallest absolute Gasteiger partial charge is 0.273 e. The second kappa shape index (κ2) is 11.5. The van der Waals surface area contributed by atoms with Gasteiger partial charge in [0.25, 0.3) is 5.92 Å². The summed E-state index contributed by atoms with van der Waals surface area (Å²) in [5.41, 5.74) is 3.77. The van der Waals surface area contributed by atoms with E-state index in [-0.39, 0.29) is 30.4 Å². The average molecular weight is 521 g/mol. The maximum Gasteiger partial charge on any atom is 0.273 e. The number of aromatic nitrogens is 2. The summed E-state index contributed by atoms with van der Waals surface area (Å²) in [7, 11) is 0. The molecule has 1 amide bonds. The molecule has 2 N–H and O–H groups in total. The van der Waals surface area contributed by atoms with Gasteiger partial charge in [-0.3, -0.25) is 9.78 Å². The van der Waals surface area contributed by atoms with Crippen molar-refractivity contribution in [3.05, 3.63) is 107 Å². The molecule has 0 spiro atoms. The summed E-state index contributed by atoms with van der Waals surface area (Å²) >= 11 is 6.13. The van der Waals surface area contributed by atoms with E-state index in [1.807, 2.05) is 43.3 Å². The minimum atomic E-state index is -2.87. The highest BCUT2D eigenvalue weighted by Crippen LogP contribution is 2.31. The summed E-state index contributed by atoms with van der Waals surface area (Å²) in [6.45, 7) is 3.46. The fraction of sp³-hybridized carbons (Fsp3) is 0.207. The highest BCUT2D eigenvalue weighted by Gasteiger charge is 2.28. The van der Waals surface area contributed by atoms with Crippen LogP contribution < -0.4 is 10.6 Å². The molecular weight excluding hydrogens is 494 g/mol. The van der Waals surface area contributed by atoms with E-state index in [1.165, 1.54) is 19.1 Å². The second-order valence-electron chi connectivity index (χ2n) is 8.73. The number of anilines is 2. The fourth-order valence-electron chi connectivity index (χ4n) is 3.89. The third kappa shape index (κ3) is 6.68. The molecule has 3 aromatic carbocycles. The molecule has 0 aliphatic rings. The molecule has 0 unspecified atom stereocenters. The summed E-state index contributed by atoms with van der Waals surface area (Å²) in [5.74, 6) is -2.47. The molecule has 0 aliphatic carbocycles. The molecule has 1 aromatic heterocycles. The first-order chi connectivity index (χ1) is 17.7. The van der Waals surface area contributed by atoms with Crippen LogP contribution in [0, 0.1) is 0 Å². The first-order valence-electron chi connectivity index (χ1n) is 12.0. The highest BCUT2D eigenvalue weighted by atomic mass is 35.5. The lowest BCUT2D eigenvalue weighted by Gasteiger charge is -2.17. The number of rotatable bonds is 9. The van der Waals surface area contributed by atoms with Crippen molar-refractivity contribution in [2.75, 3.05) is 10.6 Å². The van der Waals surface area contributed by atoms with Gasteiger partial charge in [0, 0.05) is 40.7 Å². The zero-order valence-corrected chi connectivity index (χ0v) is 21.3. The Morgan fingerprint density at radius 2 is 1.70 bits per heavy atom. The number of carbonyl (C=O) groups is 1. The predicted octanol–water partition coefficient (Wildman–Crippen LogP) is 7.65. The van der Waals surface area contributed by atoms with E-state index >= 15 is 0 Å². The van der Waals surface area contributed by atoms with E-state index in [1.54, 1.807) is 36.7 Å². The van der Waals surface area contributed by atoms with Gasteiger partial charge in [0.1, 0.15) is 5.69 Å². The first-order valence-corrected chi connectivity index (χ1v) is 12.3. The molecule has 1 heterocycles. The number of halogens is 3. The second-order valence-corrected chi connectivity index (χ2v) is 9.17. The Morgan fingerprint density at radius 3 is 2.38 bits per heavy atom. The maximum absolute atomic E-state index is 13.8. The third-order valence-corrected chi connectivity index (χ3v) is 6.26. The molecule has 4 rings (SSSR count). The van der Waals surface area contributed by atoms with Crippen molar-refractivity contribution >= 4 is 29.0 Å². The van der Waals surface area contributed by atoms with Crippen LogP contribution in [0.2, 0.25) is 5.02 Å². The summed E-state index contributed by atoms with van der Waals surface area (Å²) in [6, 6.07) is 20.8. The molecule has 0 radical (unpaired) electrons. The van der Waals surface area contributed by atoms with Crippen LogP contribution in [0.25, 0.3) is 11.3 Å². The Labute approximate surface area is 219 Å². The van der Waals surface area contributed by atoms with Crippen LogP contribution in [-0.4, -0.2) is 15.9 Å². The lowest BCUT2D eigenvalue weighted by Crippen LogP contribution is -2.15. The summed E-state index contributed by atoms with van der Waals surface area (Å²) in [4.78, 5) is 21.5. The third-order valence-electron chi connectivity index (χ3n) is 6.03. The number of hydrogen-bond acceptors (Lipinski definition) is 4. The Morgan fingerprint density at radius 1 is 1.00 bits per heavy atom. The molecule has 0 bridgehead atoms. The van der Waals surface area contributed by atoms with Gasteiger partial charge < -0.3 is 10.6 Å². The number of carbonyl (C=O) groups excluding carboxylic acids is 1. The SMILES string of the molecule is CCC(F)(F)c1ccc(CC(=O)Nc2ccc(-c3nccnc3N[C@@H](C)c3cccc(Cl)c3)cc2)cc1. The minimum absolute atomic E-state index is 0.0463. The number of amides is 1. The van der Waals surface area contributed by atoms with Gasteiger partial charge in [-0.15, -0.1) is 0 Å². The van der Waals surface area contributed by atoms with Gasteiger partial charge in [0.05, 0.1) is 12.5 Å². The summed E-state index contributed by atoms with van der Waals surface area (Å²) in [5, 5.41) is 6.91. The van der Waals surface area contributed by atoms with Crippen molar-refractivity contribution in [3.8, 4) is 11.3 Å². The van der Waals surface area contributed by atoms with Crippen molar-refractivity contribution in [1.82, 2.24) is 9.97 Å². The van der Waals surface area contributed by atoms with Crippen molar-refractivity contribution in [2.24, 2.45) is 0 Å². The van der Waals surface area contributed by atoms with Crippen molar-refractivity contribution in [2.45, 2.75) is 38.7 Å². The van der Waals surface area contributed by atoms with Gasteiger partial charge in [0.2, 0.25) is 5.91 Å². The van der Waals surface area contributed by atoms with Crippen LogP contribution in [0.3, 0.4) is 0 Å². The maximum atomic E-state index is 13.8. The average Bonchev–Trinajstić information content (AvgIpc) is 2.90. The zero-order valence-electron chi connectivity index (χ0n) is 20.5. The van der Waals surface area contributed by atoms with E-state index < -0.39 is 5.92 Å². The van der Waals surface area contributed by atoms with Crippen LogP contribution in [0.5, 0.6) is 0 Å². The molecule has 0 saturated heterocycles. The van der Waals surface area contributed by atoms with Crippen LogP contribution in [0.4, 0.5) is 20.3 Å². The lowest BCUT2D eigenvalue weighted by atomic mass is 10.0. The standard InChI is InChI=1S/C29H27ClF2N4O/c1-3-29(31,32)23-11-7-20(8-12-23)17-26(37)36-25-13-9-21(10-14-25)27-28(34-16-15-33-27)35-19(2)22-5-4-6-24(30)18-22/h4-16,18-19H,3,17H2,1-2H3,(H,34,35)(H,36,37)/t19-/m0/s1. The molecular formula is C29H27ClF2N4O. The molecule has 8 heteroatoms. The Bertz CT molecular complexity index is 1360. The van der Waals surface area contributed by atoms with Gasteiger partial charge in [-0.2, -0.15) is 0 Å². The monoisotopic (exact) mass is 520 g/mol. The summed E-state index contributed by atoms with van der Waals surface area (Å²) in [6.07, 6.45) is 3.07. The van der Waals surface area contributed by atoms with Gasteiger partial charge in [-0.1, -0.05) is 67.1 Å². The molecule has 0 fully saturated rings. The van der Waals surface area contributed by atoms with Gasteiger partial charge in [-0.25, -0.2) is 13.8 Å². The van der Waals surface area contributed by atoms with E-state index in [2.05, 4.69) is 20.6 Å². The van der Waals surface area contributed by atoms with Gasteiger partial charge >= 0.3 is 0 Å². The number of alkyl halides is 2. The number of hydrogen-bond donors (Lipinski definition) is 2. The fourth-order valence-corrected chi connectivity index (χ4v) is 4.09. The molecule has 4 aromatic rings. The molecule has 37 heavy (non-hydrogen) atoms. The van der Waals surface area contributed by atoms with Crippen LogP contribution in [0.15, 0.2) is 85.2 Å². The minimum Gasteiger partial charge on any atom is -0.362 e. The molecule has 0 aliphatic heterocycles. The largest absolute Gasteiger partial charge is 0.362 e. The van der Waals surface area contributed by atoms with E-state index in [4.69, 9.17) is 11.6 Å². The highest BCUT2D eigenvalue weighted by molar-refractivity contribution is 6.30.